The Hall–Kier alpha value is -1.72. The number of carbonyl (C=O) groups excluding carboxylic acids is 2. The smallest absolute Gasteiger partial charge is 0.410 e. The first-order valence-corrected chi connectivity index (χ1v) is 7.80. The summed E-state index contributed by atoms with van der Waals surface area (Å²) >= 11 is 0. The van der Waals surface area contributed by atoms with Crippen LogP contribution in [-0.4, -0.2) is 31.5 Å². The summed E-state index contributed by atoms with van der Waals surface area (Å²) in [7, 11) is 1.38. The summed E-state index contributed by atoms with van der Waals surface area (Å²) in [6.07, 6.45) is 2.75. The number of methoxy groups -OCH3 is 1. The molecule has 0 aromatic rings. The van der Waals surface area contributed by atoms with Crippen molar-refractivity contribution < 1.29 is 23.8 Å². The fraction of sp³-hybridized carbons (Fsp3) is 0.750. The van der Waals surface area contributed by atoms with E-state index in [0.29, 0.717) is 5.92 Å². The predicted molar refractivity (Wildman–Crippen MR) is 79.7 cm³/mol. The van der Waals surface area contributed by atoms with E-state index in [0.717, 1.165) is 18.4 Å². The number of nitrogens with one attached hydrogen (secondary N) is 1. The van der Waals surface area contributed by atoms with Crippen LogP contribution in [0.1, 0.15) is 40.0 Å². The van der Waals surface area contributed by atoms with Crippen molar-refractivity contribution in [2.45, 2.75) is 52.4 Å². The van der Waals surface area contributed by atoms with Gasteiger partial charge >= 0.3 is 12.1 Å². The Bertz CT molecular complexity index is 459. The van der Waals surface area contributed by atoms with Crippen molar-refractivity contribution in [3.63, 3.8) is 0 Å². The van der Waals surface area contributed by atoms with Crippen LogP contribution in [0.4, 0.5) is 4.79 Å². The highest BCUT2D eigenvalue weighted by Crippen LogP contribution is 2.47. The summed E-state index contributed by atoms with van der Waals surface area (Å²) in [5.41, 5.74) is 0.935. The van der Waals surface area contributed by atoms with E-state index in [9.17, 15) is 9.59 Å². The van der Waals surface area contributed by atoms with Gasteiger partial charge in [-0.1, -0.05) is 6.92 Å². The van der Waals surface area contributed by atoms with E-state index in [4.69, 9.17) is 14.2 Å². The van der Waals surface area contributed by atoms with Gasteiger partial charge in [-0.05, 0) is 44.1 Å². The Morgan fingerprint density at radius 1 is 1.41 bits per heavy atom. The third-order valence-electron chi connectivity index (χ3n) is 4.40. The van der Waals surface area contributed by atoms with Crippen LogP contribution in [-0.2, 0) is 19.0 Å². The standard InChI is InChI=1S/C16H25NO5/c1-9(2)17-16(19)22-15-14-10(3)5-6-12(14)11(8-21-15)7-13(18)20-4/h8-10,12,14-15H,5-7H2,1-4H3,(H,17,19). The number of fused-ring (bicyclic) bond motifs is 1. The Balaban J connectivity index is 2.07. The third kappa shape index (κ3) is 3.72. The van der Waals surface area contributed by atoms with Gasteiger partial charge in [0.25, 0.3) is 0 Å². The zero-order valence-electron chi connectivity index (χ0n) is 13.6. The van der Waals surface area contributed by atoms with Crippen LogP contribution in [0, 0.1) is 17.8 Å². The molecular weight excluding hydrogens is 286 g/mol. The highest BCUT2D eigenvalue weighted by Gasteiger charge is 2.46. The minimum atomic E-state index is -0.595. The van der Waals surface area contributed by atoms with E-state index >= 15 is 0 Å². The maximum absolute atomic E-state index is 11.8. The molecule has 2 rings (SSSR count). The molecule has 0 aromatic heterocycles. The lowest BCUT2D eigenvalue weighted by molar-refractivity contribution is -0.142. The average molecular weight is 311 g/mol. The van der Waals surface area contributed by atoms with Crippen molar-refractivity contribution in [2.24, 2.45) is 17.8 Å². The molecule has 1 heterocycles. The van der Waals surface area contributed by atoms with E-state index in [-0.39, 0.29) is 30.3 Å². The number of ether oxygens (including phenoxy) is 3. The second-order valence-electron chi connectivity index (χ2n) is 6.39. The molecule has 1 amide bonds. The highest BCUT2D eigenvalue weighted by molar-refractivity contribution is 5.72. The van der Waals surface area contributed by atoms with Gasteiger partial charge in [-0.2, -0.15) is 0 Å². The zero-order valence-corrected chi connectivity index (χ0v) is 13.6. The summed E-state index contributed by atoms with van der Waals surface area (Å²) in [5, 5.41) is 2.70. The van der Waals surface area contributed by atoms with E-state index in [1.165, 1.54) is 7.11 Å². The van der Waals surface area contributed by atoms with Gasteiger partial charge in [0.2, 0.25) is 6.29 Å². The van der Waals surface area contributed by atoms with Gasteiger partial charge in [0, 0.05) is 12.0 Å². The average Bonchev–Trinajstić information content (AvgIpc) is 2.83. The molecule has 2 aliphatic rings. The van der Waals surface area contributed by atoms with Crippen molar-refractivity contribution in [2.75, 3.05) is 7.11 Å². The minimum absolute atomic E-state index is 0.0123. The van der Waals surface area contributed by atoms with Crippen LogP contribution < -0.4 is 5.32 Å². The molecule has 1 aliphatic carbocycles. The summed E-state index contributed by atoms with van der Waals surface area (Å²) in [4.78, 5) is 23.3. The number of carbonyl (C=O) groups is 2. The van der Waals surface area contributed by atoms with Gasteiger partial charge in [0.1, 0.15) is 0 Å². The molecule has 0 radical (unpaired) electrons. The van der Waals surface area contributed by atoms with Gasteiger partial charge in [-0.15, -0.1) is 0 Å². The van der Waals surface area contributed by atoms with Gasteiger partial charge in [0.05, 0.1) is 19.8 Å². The van der Waals surface area contributed by atoms with E-state index in [1.807, 2.05) is 13.8 Å². The van der Waals surface area contributed by atoms with E-state index < -0.39 is 12.4 Å². The Morgan fingerprint density at radius 3 is 2.77 bits per heavy atom. The fourth-order valence-corrected chi connectivity index (χ4v) is 3.34. The molecule has 4 atom stereocenters. The first-order chi connectivity index (χ1) is 10.4. The first kappa shape index (κ1) is 16.6. The number of alkyl carbamates (subject to hydrolysis) is 1. The second kappa shape index (κ2) is 7.03. The Labute approximate surface area is 131 Å². The summed E-state index contributed by atoms with van der Waals surface area (Å²) in [5.74, 6) is 0.399. The van der Waals surface area contributed by atoms with Gasteiger partial charge < -0.3 is 19.5 Å². The summed E-state index contributed by atoms with van der Waals surface area (Å²) in [6, 6.07) is 0.0123. The van der Waals surface area contributed by atoms with Crippen molar-refractivity contribution in [3.8, 4) is 0 Å². The first-order valence-electron chi connectivity index (χ1n) is 7.80. The number of amides is 1. The Morgan fingerprint density at radius 2 is 2.14 bits per heavy atom. The van der Waals surface area contributed by atoms with Crippen molar-refractivity contribution in [1.29, 1.82) is 0 Å². The highest BCUT2D eigenvalue weighted by atomic mass is 16.7. The van der Waals surface area contributed by atoms with Crippen LogP contribution in [0.2, 0.25) is 0 Å². The van der Waals surface area contributed by atoms with E-state index in [1.54, 1.807) is 6.26 Å². The quantitative estimate of drug-likeness (QED) is 0.808. The molecule has 6 nitrogen and oxygen atoms in total. The molecule has 0 aromatic carbocycles. The maximum Gasteiger partial charge on any atom is 0.410 e. The molecule has 1 fully saturated rings. The fourth-order valence-electron chi connectivity index (χ4n) is 3.34. The lowest BCUT2D eigenvalue weighted by atomic mass is 9.82. The summed E-state index contributed by atoms with van der Waals surface area (Å²) < 4.78 is 15.8. The molecule has 22 heavy (non-hydrogen) atoms. The van der Waals surface area contributed by atoms with Crippen LogP contribution in [0.5, 0.6) is 0 Å². The number of rotatable bonds is 4. The monoisotopic (exact) mass is 311 g/mol. The van der Waals surface area contributed by atoms with Crippen molar-refractivity contribution >= 4 is 12.1 Å². The Kier molecular flexibility index (Phi) is 5.32. The van der Waals surface area contributed by atoms with E-state index in [2.05, 4.69) is 12.2 Å². The molecule has 4 unspecified atom stereocenters. The van der Waals surface area contributed by atoms with Crippen LogP contribution in [0.15, 0.2) is 11.8 Å². The van der Waals surface area contributed by atoms with Gasteiger partial charge in [-0.25, -0.2) is 4.79 Å². The summed E-state index contributed by atoms with van der Waals surface area (Å²) in [6.45, 7) is 5.88. The predicted octanol–water partition coefficient (Wildman–Crippen LogP) is 2.59. The van der Waals surface area contributed by atoms with Crippen molar-refractivity contribution in [3.05, 3.63) is 11.8 Å². The minimum Gasteiger partial charge on any atom is -0.469 e. The topological polar surface area (TPSA) is 73.9 Å². The molecular formula is C16H25NO5. The molecule has 1 saturated carbocycles. The zero-order chi connectivity index (χ0) is 16.3. The van der Waals surface area contributed by atoms with Crippen molar-refractivity contribution in [1.82, 2.24) is 5.32 Å². The third-order valence-corrected chi connectivity index (χ3v) is 4.40. The molecule has 1 N–H and O–H groups in total. The number of hydrogen-bond donors (Lipinski definition) is 1. The molecule has 6 heteroatoms. The van der Waals surface area contributed by atoms with Gasteiger partial charge in [-0.3, -0.25) is 4.79 Å². The molecule has 1 aliphatic heterocycles. The van der Waals surface area contributed by atoms with Gasteiger partial charge in [0.15, 0.2) is 0 Å². The lowest BCUT2D eigenvalue weighted by Gasteiger charge is -2.35. The number of hydrogen-bond acceptors (Lipinski definition) is 5. The SMILES string of the molecule is COC(=O)CC1=COC(OC(=O)NC(C)C)C2C(C)CCC12. The van der Waals surface area contributed by atoms with Crippen LogP contribution >= 0.6 is 0 Å². The largest absolute Gasteiger partial charge is 0.469 e. The second-order valence-corrected chi connectivity index (χ2v) is 6.39. The normalized spacial score (nSPS) is 30.1. The molecule has 0 spiro atoms. The van der Waals surface area contributed by atoms with Crippen LogP contribution in [0.3, 0.4) is 0 Å². The molecule has 0 bridgehead atoms. The number of esters is 1. The molecule has 0 saturated heterocycles. The maximum atomic E-state index is 11.8. The lowest BCUT2D eigenvalue weighted by Crippen LogP contribution is -2.41. The van der Waals surface area contributed by atoms with Crippen LogP contribution in [0.25, 0.3) is 0 Å². The molecule has 124 valence electrons.